The number of pyridine rings is 2. The van der Waals surface area contributed by atoms with Crippen LogP contribution in [-0.2, 0) is 0 Å². The lowest BCUT2D eigenvalue weighted by Crippen LogP contribution is -1.96. The molecule has 0 amide bonds. The highest BCUT2D eigenvalue weighted by atomic mass is 15.1. The van der Waals surface area contributed by atoms with Crippen LogP contribution in [0.2, 0.25) is 0 Å². The van der Waals surface area contributed by atoms with Gasteiger partial charge in [0.15, 0.2) is 0 Å². The Balaban J connectivity index is 1.48. The first kappa shape index (κ1) is 27.2. The highest BCUT2D eigenvalue weighted by molar-refractivity contribution is 5.95. The minimum absolute atomic E-state index is 0.925. The summed E-state index contributed by atoms with van der Waals surface area (Å²) in [5.41, 5.74) is 17.1. The van der Waals surface area contributed by atoms with E-state index in [9.17, 15) is 0 Å². The molecule has 2 N–H and O–H groups in total. The first-order chi connectivity index (χ1) is 21.4. The van der Waals surface area contributed by atoms with Crippen LogP contribution in [0.4, 0.5) is 0 Å². The largest absolute Gasteiger partial charge is 0.285 e. The van der Waals surface area contributed by atoms with Gasteiger partial charge in [0.05, 0.1) is 11.4 Å². The second-order valence-corrected chi connectivity index (χ2v) is 11.3. The molecule has 6 nitrogen and oxygen atoms in total. The molecule has 0 saturated carbocycles. The van der Waals surface area contributed by atoms with Crippen molar-refractivity contribution in [2.45, 2.75) is 27.7 Å². The van der Waals surface area contributed by atoms with Crippen LogP contribution in [0.5, 0.6) is 0 Å². The van der Waals surface area contributed by atoms with Gasteiger partial charge in [-0.3, -0.25) is 20.2 Å². The third kappa shape index (κ3) is 5.34. The van der Waals surface area contributed by atoms with Gasteiger partial charge in [-0.25, -0.2) is 0 Å². The second-order valence-electron chi connectivity index (χ2n) is 11.3. The van der Waals surface area contributed by atoms with Crippen LogP contribution in [-0.4, -0.2) is 30.4 Å². The smallest absolute Gasteiger partial charge is 0.0920 e. The van der Waals surface area contributed by atoms with Gasteiger partial charge in [-0.1, -0.05) is 48.5 Å². The maximum absolute atomic E-state index is 4.68. The first-order valence-corrected chi connectivity index (χ1v) is 14.7. The molecule has 3 aromatic carbocycles. The van der Waals surface area contributed by atoms with E-state index in [-0.39, 0.29) is 0 Å². The number of nitrogens with zero attached hydrogens (tertiary/aromatic N) is 4. The number of hydrogen-bond donors (Lipinski definition) is 2. The zero-order chi connectivity index (χ0) is 30.2. The summed E-state index contributed by atoms with van der Waals surface area (Å²) in [5.74, 6) is 0. The van der Waals surface area contributed by atoms with Crippen molar-refractivity contribution in [3.63, 3.8) is 0 Å². The average Bonchev–Trinajstić information content (AvgIpc) is 3.76. The predicted octanol–water partition coefficient (Wildman–Crippen LogP) is 9.16. The fourth-order valence-corrected chi connectivity index (χ4v) is 6.02. The number of aryl methyl sites for hydroxylation is 4. The quantitative estimate of drug-likeness (QED) is 0.208. The molecule has 0 atom stereocenters. The van der Waals surface area contributed by atoms with E-state index in [0.29, 0.717) is 0 Å². The van der Waals surface area contributed by atoms with E-state index in [1.807, 2.05) is 24.5 Å². The van der Waals surface area contributed by atoms with Crippen molar-refractivity contribution in [2.24, 2.45) is 0 Å². The Kier molecular flexibility index (Phi) is 6.95. The zero-order valence-electron chi connectivity index (χ0n) is 25.2. The summed E-state index contributed by atoms with van der Waals surface area (Å²) in [4.78, 5) is 9.35. The molecule has 7 rings (SSSR count). The maximum atomic E-state index is 4.68. The molecule has 214 valence electrons. The van der Waals surface area contributed by atoms with E-state index >= 15 is 0 Å². The molecule has 6 heteroatoms. The number of aromatic nitrogens is 6. The summed E-state index contributed by atoms with van der Waals surface area (Å²) < 4.78 is 0. The monoisotopic (exact) mass is 572 g/mol. The minimum Gasteiger partial charge on any atom is -0.285 e. The number of benzene rings is 3. The van der Waals surface area contributed by atoms with Crippen molar-refractivity contribution in [2.75, 3.05) is 0 Å². The van der Waals surface area contributed by atoms with Crippen LogP contribution in [0.25, 0.3) is 67.0 Å². The van der Waals surface area contributed by atoms with Crippen molar-refractivity contribution in [1.29, 1.82) is 0 Å². The van der Waals surface area contributed by atoms with Crippen molar-refractivity contribution in [1.82, 2.24) is 30.4 Å². The molecule has 0 aliphatic carbocycles. The molecular formula is C38H32N6. The number of hydrogen-bond acceptors (Lipinski definition) is 4. The Hall–Kier alpha value is -5.62. The molecule has 7 aromatic rings. The third-order valence-corrected chi connectivity index (χ3v) is 7.93. The van der Waals surface area contributed by atoms with Crippen LogP contribution in [0, 0.1) is 27.7 Å². The molecule has 0 bridgehead atoms. The van der Waals surface area contributed by atoms with Crippen LogP contribution in [0.3, 0.4) is 0 Å². The molecule has 0 unspecified atom stereocenters. The molecule has 4 aromatic heterocycles. The van der Waals surface area contributed by atoms with Gasteiger partial charge >= 0.3 is 0 Å². The molecule has 44 heavy (non-hydrogen) atoms. The van der Waals surface area contributed by atoms with Crippen LogP contribution in [0.15, 0.2) is 109 Å². The summed E-state index contributed by atoms with van der Waals surface area (Å²) in [5, 5.41) is 14.6. The summed E-state index contributed by atoms with van der Waals surface area (Å²) >= 11 is 0. The summed E-state index contributed by atoms with van der Waals surface area (Å²) in [6.45, 7) is 8.22. The SMILES string of the molecule is Cc1cc(-c2cc(-c3ccc(-c4cc[nH]n4)cc3)c(-c3cc(C)nc(C)c3)cc2-c2ccc(-c3cc[nH]n3)cc2)cc(C)n1. The summed E-state index contributed by atoms with van der Waals surface area (Å²) in [6, 6.07) is 34.7. The van der Waals surface area contributed by atoms with Crippen LogP contribution < -0.4 is 0 Å². The number of aromatic amines is 2. The molecule has 0 aliphatic heterocycles. The molecule has 0 spiro atoms. The van der Waals surface area contributed by atoms with Crippen LogP contribution >= 0.6 is 0 Å². The third-order valence-electron chi connectivity index (χ3n) is 7.93. The van der Waals surface area contributed by atoms with Crippen molar-refractivity contribution >= 4 is 0 Å². The summed E-state index contributed by atoms with van der Waals surface area (Å²) in [7, 11) is 0. The Morgan fingerprint density at radius 3 is 1.00 bits per heavy atom. The van der Waals surface area contributed by atoms with Crippen molar-refractivity contribution < 1.29 is 0 Å². The lowest BCUT2D eigenvalue weighted by Gasteiger charge is -2.19. The Labute approximate surface area is 256 Å². The fraction of sp³-hybridized carbons (Fsp3) is 0.105. The molecular weight excluding hydrogens is 540 g/mol. The highest BCUT2D eigenvalue weighted by Gasteiger charge is 2.18. The Morgan fingerprint density at radius 1 is 0.364 bits per heavy atom. The molecule has 0 radical (unpaired) electrons. The molecule has 0 aliphatic rings. The van der Waals surface area contributed by atoms with Gasteiger partial charge in [0.2, 0.25) is 0 Å². The van der Waals surface area contributed by atoms with Gasteiger partial charge in [0, 0.05) is 46.3 Å². The van der Waals surface area contributed by atoms with Gasteiger partial charge in [0.25, 0.3) is 0 Å². The topological polar surface area (TPSA) is 83.1 Å². The standard InChI is InChI=1S/C38H32N6/c1-23-17-31(18-24(2)41-23)35-21-34(28-7-11-30(12-8-28)38-14-16-40-44-38)36(32-19-25(3)42-26(4)20-32)22-33(35)27-5-9-29(10-6-27)37-13-15-39-43-37/h5-22H,1-4H3,(H,39,43)(H,40,44). The van der Waals surface area contributed by atoms with Crippen molar-refractivity contribution in [3.8, 4) is 67.0 Å². The number of nitrogens with one attached hydrogen (secondary N) is 2. The van der Waals surface area contributed by atoms with Crippen LogP contribution in [0.1, 0.15) is 22.8 Å². The minimum atomic E-state index is 0.925. The van der Waals surface area contributed by atoms with E-state index in [0.717, 1.165) is 89.8 Å². The van der Waals surface area contributed by atoms with Gasteiger partial charge in [-0.05, 0) is 121 Å². The van der Waals surface area contributed by atoms with Gasteiger partial charge in [-0.2, -0.15) is 10.2 Å². The number of H-pyrrole nitrogens is 2. The summed E-state index contributed by atoms with van der Waals surface area (Å²) in [6.07, 6.45) is 3.70. The van der Waals surface area contributed by atoms with E-state index in [2.05, 4.69) is 143 Å². The zero-order valence-corrected chi connectivity index (χ0v) is 25.2. The molecule has 0 fully saturated rings. The Bertz CT molecular complexity index is 1880. The van der Waals surface area contributed by atoms with E-state index < -0.39 is 0 Å². The highest BCUT2D eigenvalue weighted by Crippen LogP contribution is 2.43. The maximum Gasteiger partial charge on any atom is 0.0920 e. The van der Waals surface area contributed by atoms with Gasteiger partial charge in [-0.15, -0.1) is 0 Å². The first-order valence-electron chi connectivity index (χ1n) is 14.7. The normalized spacial score (nSPS) is 11.2. The number of rotatable bonds is 6. The average molecular weight is 573 g/mol. The predicted molar refractivity (Wildman–Crippen MR) is 178 cm³/mol. The van der Waals surface area contributed by atoms with Gasteiger partial charge in [0.1, 0.15) is 0 Å². The lowest BCUT2D eigenvalue weighted by molar-refractivity contribution is 1.10. The molecule has 0 saturated heterocycles. The van der Waals surface area contributed by atoms with Gasteiger partial charge < -0.3 is 0 Å². The Morgan fingerprint density at radius 2 is 0.682 bits per heavy atom. The second kappa shape index (κ2) is 11.2. The van der Waals surface area contributed by atoms with E-state index in [1.165, 1.54) is 0 Å². The molecule has 4 heterocycles. The van der Waals surface area contributed by atoms with E-state index in [1.54, 1.807) is 0 Å². The lowest BCUT2D eigenvalue weighted by atomic mass is 9.85. The van der Waals surface area contributed by atoms with Crippen molar-refractivity contribution in [3.05, 3.63) is 132 Å². The van der Waals surface area contributed by atoms with E-state index in [4.69, 9.17) is 0 Å². The fourth-order valence-electron chi connectivity index (χ4n) is 6.02.